The molecule has 6 aromatic rings. The van der Waals surface area contributed by atoms with Gasteiger partial charge in [0.05, 0.1) is 32.7 Å². The molecule has 74 heavy (non-hydrogen) atoms. The van der Waals surface area contributed by atoms with Gasteiger partial charge in [0, 0.05) is 12.1 Å². The molecule has 0 bridgehead atoms. The molecule has 1 amide bonds. The molecule has 0 unspecified atom stereocenters. The van der Waals surface area contributed by atoms with E-state index in [4.69, 9.17) is 9.47 Å². The molecule has 0 aromatic heterocycles. The number of ether oxygens (including phenoxy) is 2. The second-order valence-corrected chi connectivity index (χ2v) is 22.1. The van der Waals surface area contributed by atoms with Gasteiger partial charge in [0.2, 0.25) is 0 Å². The highest BCUT2D eigenvalue weighted by molar-refractivity contribution is 6.00. The maximum atomic E-state index is 15.2. The van der Waals surface area contributed by atoms with E-state index in [-0.39, 0.29) is 57.3 Å². The summed E-state index contributed by atoms with van der Waals surface area (Å²) in [5, 5.41) is -0.0224. The lowest BCUT2D eigenvalue weighted by molar-refractivity contribution is -0.139. The molecule has 2 aliphatic heterocycles. The summed E-state index contributed by atoms with van der Waals surface area (Å²) >= 11 is 0. The second kappa shape index (κ2) is 17.1. The first-order valence-electron chi connectivity index (χ1n) is 24.6. The number of hydrogen-bond donors (Lipinski definition) is 0. The number of rotatable bonds is 9. The Morgan fingerprint density at radius 3 is 1.47 bits per heavy atom. The predicted molar refractivity (Wildman–Crippen MR) is 273 cm³/mol. The van der Waals surface area contributed by atoms with E-state index in [2.05, 4.69) is 0 Å². The number of carbonyl (C=O) groups is 1. The Hall–Kier alpha value is -7.41. The Balaban J connectivity index is 1.09. The molecule has 2 heterocycles. The zero-order valence-electron chi connectivity index (χ0n) is 42.6. The first-order chi connectivity index (χ1) is 34.6. The van der Waals surface area contributed by atoms with Gasteiger partial charge in [-0.25, -0.2) is 4.57 Å². The van der Waals surface area contributed by atoms with Crippen LogP contribution in [0.3, 0.4) is 0 Å². The standard InChI is InChI=1S/C61H54F6N2O5/c1-32(2)40-27-35(20-23-47(40)73-49-25-19-34(57(5,6)7)29-45(49)60(62,63)64)59(43-17-13-11-15-38(43)39-16-12-14-18-44(39)59)36-21-24-48(41(28-36)33(3)4)74-50-26-22-37(30-46(50)61(65,66)67)69-55(71)52-42-31-68(58(8,9)10)54(70)51(42)53(52)56(69)72/h11-30,32-33H,31H2,1-10H3. The van der Waals surface area contributed by atoms with E-state index in [1.165, 1.54) is 12.1 Å². The van der Waals surface area contributed by atoms with Gasteiger partial charge in [-0.2, -0.15) is 26.3 Å². The maximum Gasteiger partial charge on any atom is 0.420 e. The van der Waals surface area contributed by atoms with Gasteiger partial charge in [0.15, 0.2) is 0 Å². The van der Waals surface area contributed by atoms with E-state index in [0.29, 0.717) is 26.8 Å². The SMILES string of the molecule is CC(C)c1cc(C2(c3ccc(Oc4ccc(C(C)(C)C)cc4C(F)(F)F)c(C(C)C)c3)c3ccccc3-c3ccccc32)ccc1Oc1ccc(-n2c(=O)c3c4c(c=3c2=O)C(=O)N(C(C)(C)C)C4)cc1C(F)(F)F. The summed E-state index contributed by atoms with van der Waals surface area (Å²) in [6, 6.07) is 34.1. The van der Waals surface area contributed by atoms with Crippen molar-refractivity contribution >= 4 is 5.91 Å². The monoisotopic (exact) mass is 1010 g/mol. The van der Waals surface area contributed by atoms with Gasteiger partial charge in [0.1, 0.15) is 28.6 Å². The number of nitrogens with zero attached hydrogens (tertiary/aromatic N) is 2. The second-order valence-electron chi connectivity index (χ2n) is 22.1. The molecule has 0 atom stereocenters. The summed E-state index contributed by atoms with van der Waals surface area (Å²) in [6.45, 7) is 18.9. The van der Waals surface area contributed by atoms with E-state index >= 15 is 13.2 Å². The number of halogens is 6. The van der Waals surface area contributed by atoms with Gasteiger partial charge in [-0.1, -0.05) is 127 Å². The van der Waals surface area contributed by atoms with Crippen molar-refractivity contribution in [2.24, 2.45) is 0 Å². The predicted octanol–water partition coefficient (Wildman–Crippen LogP) is 15.1. The Morgan fingerprint density at radius 1 is 0.541 bits per heavy atom. The van der Waals surface area contributed by atoms with Crippen molar-refractivity contribution < 1.29 is 40.6 Å². The van der Waals surface area contributed by atoms with Crippen molar-refractivity contribution in [1.82, 2.24) is 9.47 Å². The van der Waals surface area contributed by atoms with Gasteiger partial charge in [-0.15, -0.1) is 0 Å². The number of hydrogen-bond acceptors (Lipinski definition) is 5. The average Bonchev–Trinajstić information content (AvgIpc) is 3.86. The van der Waals surface area contributed by atoms with E-state index < -0.39 is 62.6 Å². The summed E-state index contributed by atoms with van der Waals surface area (Å²) in [5.41, 5.74) is 1.38. The zero-order chi connectivity index (χ0) is 53.4. The molecule has 380 valence electrons. The van der Waals surface area contributed by atoms with Crippen molar-refractivity contribution in [2.45, 2.75) is 116 Å². The van der Waals surface area contributed by atoms with Crippen molar-refractivity contribution in [3.8, 4) is 39.8 Å². The van der Waals surface area contributed by atoms with Crippen LogP contribution >= 0.6 is 0 Å². The number of amides is 1. The average molecular weight is 1010 g/mol. The van der Waals surface area contributed by atoms with Crippen LogP contribution in [0.25, 0.3) is 16.8 Å². The lowest BCUT2D eigenvalue weighted by atomic mass is 9.66. The molecule has 2 aliphatic carbocycles. The van der Waals surface area contributed by atoms with Crippen molar-refractivity contribution in [3.63, 3.8) is 0 Å². The maximum absolute atomic E-state index is 15.2. The molecule has 7 nitrogen and oxygen atoms in total. The summed E-state index contributed by atoms with van der Waals surface area (Å²) in [6.07, 6.45) is -9.69. The fraction of sp³-hybridized carbons (Fsp3) is 0.295. The molecule has 0 saturated heterocycles. The fourth-order valence-electron chi connectivity index (χ4n) is 11.0. The smallest absolute Gasteiger partial charge is 0.420 e. The van der Waals surface area contributed by atoms with E-state index in [9.17, 15) is 27.6 Å². The van der Waals surface area contributed by atoms with Crippen LogP contribution in [0.15, 0.2) is 131 Å². The largest absolute Gasteiger partial charge is 0.456 e. The minimum atomic E-state index is -4.99. The summed E-state index contributed by atoms with van der Waals surface area (Å²) < 4.78 is 103. The van der Waals surface area contributed by atoms with Crippen LogP contribution in [-0.4, -0.2) is 20.9 Å². The Labute approximate surface area is 424 Å². The van der Waals surface area contributed by atoms with E-state index in [0.717, 1.165) is 51.6 Å². The van der Waals surface area contributed by atoms with Gasteiger partial charge < -0.3 is 14.4 Å². The van der Waals surface area contributed by atoms with Gasteiger partial charge in [0.25, 0.3) is 17.0 Å². The highest BCUT2D eigenvalue weighted by Crippen LogP contribution is 2.58. The van der Waals surface area contributed by atoms with Crippen molar-refractivity contribution in [2.75, 3.05) is 0 Å². The first kappa shape index (κ1) is 50.1. The number of alkyl halides is 6. The van der Waals surface area contributed by atoms with Crippen LogP contribution in [0.4, 0.5) is 26.3 Å². The van der Waals surface area contributed by atoms with E-state index in [1.54, 1.807) is 23.1 Å². The minimum Gasteiger partial charge on any atom is -0.456 e. The number of carbonyl (C=O) groups excluding carboxylic acids is 1. The Bertz CT molecular complexity index is 3700. The molecule has 0 spiro atoms. The minimum absolute atomic E-state index is 0.0528. The third-order valence-electron chi connectivity index (χ3n) is 14.7. The third kappa shape index (κ3) is 7.83. The topological polar surface area (TPSA) is 77.8 Å². The van der Waals surface area contributed by atoms with Crippen LogP contribution < -0.4 is 20.6 Å². The summed E-state index contributed by atoms with van der Waals surface area (Å²) in [4.78, 5) is 42.5. The van der Waals surface area contributed by atoms with Gasteiger partial charge in [-0.3, -0.25) is 14.4 Å². The quantitative estimate of drug-likeness (QED) is 0.135. The van der Waals surface area contributed by atoms with Gasteiger partial charge in [-0.05, 0) is 136 Å². The van der Waals surface area contributed by atoms with Crippen LogP contribution in [0.1, 0.15) is 147 Å². The molecule has 13 heteroatoms. The van der Waals surface area contributed by atoms with Crippen molar-refractivity contribution in [1.29, 1.82) is 0 Å². The number of aromatic nitrogens is 1. The lowest BCUT2D eigenvalue weighted by Crippen LogP contribution is -2.41. The van der Waals surface area contributed by atoms with Crippen LogP contribution in [0.5, 0.6) is 23.0 Å². The molecule has 6 aromatic carbocycles. The van der Waals surface area contributed by atoms with Crippen LogP contribution in [0, 0.1) is 10.4 Å². The van der Waals surface area contributed by atoms with Crippen LogP contribution in [-0.2, 0) is 29.7 Å². The highest BCUT2D eigenvalue weighted by atomic mass is 19.4. The molecule has 0 radical (unpaired) electrons. The molecule has 4 aliphatic rings. The van der Waals surface area contributed by atoms with Crippen molar-refractivity contribution in [3.05, 3.63) is 214 Å². The number of benzene rings is 6. The Morgan fingerprint density at radius 2 is 1.00 bits per heavy atom. The fourth-order valence-corrected chi connectivity index (χ4v) is 11.0. The molecule has 0 N–H and O–H groups in total. The molecular formula is C61H54F6N2O5. The lowest BCUT2D eigenvalue weighted by Gasteiger charge is -2.35. The molecule has 0 saturated carbocycles. The number of fused-ring (bicyclic) bond motifs is 6. The van der Waals surface area contributed by atoms with Gasteiger partial charge >= 0.3 is 12.4 Å². The normalized spacial score (nSPS) is 14.6. The molecule has 10 rings (SSSR count). The first-order valence-corrected chi connectivity index (χ1v) is 24.6. The summed E-state index contributed by atoms with van der Waals surface area (Å²) in [7, 11) is 0. The van der Waals surface area contributed by atoms with E-state index in [1.807, 2.05) is 142 Å². The summed E-state index contributed by atoms with van der Waals surface area (Å²) in [5.74, 6) is -1.39. The third-order valence-corrected chi connectivity index (χ3v) is 14.7. The highest BCUT2D eigenvalue weighted by Gasteiger charge is 2.47. The molecular weight excluding hydrogens is 955 g/mol. The van der Waals surface area contributed by atoms with Crippen LogP contribution in [0.2, 0.25) is 0 Å². The Kier molecular flexibility index (Phi) is 11.6. The molecule has 0 fully saturated rings. The zero-order valence-corrected chi connectivity index (χ0v) is 42.6.